The lowest BCUT2D eigenvalue weighted by Crippen LogP contribution is -2.29. The van der Waals surface area contributed by atoms with Gasteiger partial charge in [0.2, 0.25) is 0 Å². The third kappa shape index (κ3) is 3.03. The molecule has 0 amide bonds. The maximum absolute atomic E-state index is 10.7. The number of aromatic amines is 1. The zero-order valence-corrected chi connectivity index (χ0v) is 17.5. The maximum atomic E-state index is 10.7. The first-order valence-electron chi connectivity index (χ1n) is 10.6. The van der Waals surface area contributed by atoms with Crippen molar-refractivity contribution in [1.82, 2.24) is 9.97 Å². The van der Waals surface area contributed by atoms with Gasteiger partial charge in [-0.1, -0.05) is 12.1 Å². The van der Waals surface area contributed by atoms with Crippen LogP contribution >= 0.6 is 0 Å². The van der Waals surface area contributed by atoms with Gasteiger partial charge in [-0.05, 0) is 68.5 Å². The van der Waals surface area contributed by atoms with E-state index in [1.165, 1.54) is 30.5 Å². The van der Waals surface area contributed by atoms with E-state index in [4.69, 9.17) is 10.4 Å². The predicted octanol–water partition coefficient (Wildman–Crippen LogP) is 4.94. The number of fused-ring (bicyclic) bond motifs is 1. The molecule has 0 bridgehead atoms. The molecule has 1 saturated heterocycles. The Morgan fingerprint density at radius 1 is 1.07 bits per heavy atom. The Kier molecular flexibility index (Phi) is 4.50. The number of imidazole rings is 1. The lowest BCUT2D eigenvalue weighted by Gasteiger charge is -2.28. The highest BCUT2D eigenvalue weighted by Crippen LogP contribution is 2.34. The van der Waals surface area contributed by atoms with Crippen LogP contribution in [-0.2, 0) is 0 Å². The van der Waals surface area contributed by atoms with E-state index in [9.17, 15) is 5.11 Å². The Balaban J connectivity index is 1.48. The number of aliphatic hydroxyl groups excluding tert-OH is 1. The van der Waals surface area contributed by atoms with Crippen molar-refractivity contribution in [2.24, 2.45) is 0 Å². The minimum atomic E-state index is 0.177. The van der Waals surface area contributed by atoms with E-state index in [1.54, 1.807) is 0 Å². The van der Waals surface area contributed by atoms with Gasteiger partial charge in [-0.2, -0.15) is 0 Å². The number of amidine groups is 1. The third-order valence-corrected chi connectivity index (χ3v) is 6.39. The van der Waals surface area contributed by atoms with Crippen LogP contribution in [0.4, 0.5) is 11.4 Å². The number of piperidine rings is 1. The highest BCUT2D eigenvalue weighted by Gasteiger charge is 2.32. The monoisotopic (exact) mass is 401 g/mol. The van der Waals surface area contributed by atoms with Crippen LogP contribution in [0, 0.1) is 19.3 Å². The summed E-state index contributed by atoms with van der Waals surface area (Å²) in [6.07, 6.45) is 3.77. The van der Waals surface area contributed by atoms with Crippen molar-refractivity contribution in [1.29, 1.82) is 5.41 Å². The van der Waals surface area contributed by atoms with Gasteiger partial charge in [0.25, 0.3) is 0 Å². The molecule has 1 fully saturated rings. The van der Waals surface area contributed by atoms with Crippen LogP contribution in [0.3, 0.4) is 0 Å². The van der Waals surface area contributed by atoms with E-state index in [0.29, 0.717) is 11.4 Å². The lowest BCUT2D eigenvalue weighted by atomic mass is 10.1. The number of aliphatic hydroxyl groups is 1. The summed E-state index contributed by atoms with van der Waals surface area (Å²) < 4.78 is 0. The first-order valence-corrected chi connectivity index (χ1v) is 10.6. The Labute approximate surface area is 176 Å². The number of anilines is 2. The van der Waals surface area contributed by atoms with Crippen molar-refractivity contribution < 1.29 is 5.11 Å². The number of hydrogen-bond donors (Lipinski definition) is 3. The van der Waals surface area contributed by atoms with E-state index < -0.39 is 0 Å². The smallest absolute Gasteiger partial charge is 0.145 e. The third-order valence-electron chi connectivity index (χ3n) is 6.39. The number of H-pyrrole nitrogens is 1. The van der Waals surface area contributed by atoms with Crippen LogP contribution in [0.15, 0.2) is 42.2 Å². The number of rotatable bonds is 3. The number of hydrogen-bond acceptors (Lipinski definition) is 4. The summed E-state index contributed by atoms with van der Waals surface area (Å²) >= 11 is 0. The average Bonchev–Trinajstić information content (AvgIpc) is 3.30. The summed E-state index contributed by atoms with van der Waals surface area (Å²) in [5.41, 5.74) is 6.70. The van der Waals surface area contributed by atoms with Gasteiger partial charge in [0, 0.05) is 24.5 Å². The van der Waals surface area contributed by atoms with Crippen molar-refractivity contribution in [3.63, 3.8) is 0 Å². The fraction of sp³-hybridized carbons (Fsp3) is 0.333. The molecular formula is C24H27N5O. The normalized spacial score (nSPS) is 17.5. The molecule has 3 aromatic rings. The number of nitrogens with one attached hydrogen (secondary N) is 2. The lowest BCUT2D eigenvalue weighted by molar-refractivity contribution is 0.411. The van der Waals surface area contributed by atoms with Gasteiger partial charge in [0.1, 0.15) is 17.4 Å². The van der Waals surface area contributed by atoms with Crippen LogP contribution in [0.5, 0.6) is 0 Å². The summed E-state index contributed by atoms with van der Waals surface area (Å²) in [5.74, 6) is 1.00. The Bertz CT molecular complexity index is 1170. The molecule has 2 aliphatic rings. The second-order valence-corrected chi connectivity index (χ2v) is 8.31. The molecule has 3 N–H and O–H groups in total. The van der Waals surface area contributed by atoms with Crippen LogP contribution in [0.2, 0.25) is 0 Å². The minimum absolute atomic E-state index is 0.177. The Hall–Kier alpha value is -3.28. The zero-order valence-electron chi connectivity index (χ0n) is 17.5. The molecule has 3 heterocycles. The highest BCUT2D eigenvalue weighted by molar-refractivity contribution is 6.30. The second kappa shape index (κ2) is 7.20. The van der Waals surface area contributed by atoms with Crippen LogP contribution < -0.4 is 9.80 Å². The number of aryl methyl sites for hydroxylation is 1. The SMILES string of the molecule is Cc1cccc(N2CC(O)=C(c3nc4ccc(N5CCCCC5)cc4[nH]3)C2=N)c1C. The molecule has 5 rings (SSSR count). The van der Waals surface area contributed by atoms with Crippen LogP contribution in [-0.4, -0.2) is 40.5 Å². The molecule has 30 heavy (non-hydrogen) atoms. The minimum Gasteiger partial charge on any atom is -0.509 e. The van der Waals surface area contributed by atoms with Crippen molar-refractivity contribution in [2.75, 3.05) is 29.4 Å². The van der Waals surface area contributed by atoms with Gasteiger partial charge in [-0.15, -0.1) is 0 Å². The predicted molar refractivity (Wildman–Crippen MR) is 123 cm³/mol. The molecule has 0 radical (unpaired) electrons. The van der Waals surface area contributed by atoms with Crippen LogP contribution in [0.1, 0.15) is 36.2 Å². The summed E-state index contributed by atoms with van der Waals surface area (Å²) in [6.45, 7) is 6.58. The molecule has 1 aromatic heterocycles. The first-order chi connectivity index (χ1) is 14.5. The molecule has 0 unspecified atom stereocenters. The summed E-state index contributed by atoms with van der Waals surface area (Å²) in [5, 5.41) is 19.5. The molecule has 0 aliphatic carbocycles. The second-order valence-electron chi connectivity index (χ2n) is 8.31. The van der Waals surface area contributed by atoms with Gasteiger partial charge in [-0.3, -0.25) is 5.41 Å². The van der Waals surface area contributed by atoms with E-state index in [0.717, 1.165) is 35.4 Å². The molecule has 0 spiro atoms. The van der Waals surface area contributed by atoms with Gasteiger partial charge in [-0.25, -0.2) is 4.98 Å². The molecule has 6 heteroatoms. The first kappa shape index (κ1) is 18.7. The molecule has 2 aromatic carbocycles. The Morgan fingerprint density at radius 2 is 1.87 bits per heavy atom. The largest absolute Gasteiger partial charge is 0.509 e. The number of nitrogens with zero attached hydrogens (tertiary/aromatic N) is 3. The van der Waals surface area contributed by atoms with Crippen molar-refractivity contribution in [2.45, 2.75) is 33.1 Å². The number of benzene rings is 2. The quantitative estimate of drug-likeness (QED) is 0.581. The molecule has 154 valence electrons. The topological polar surface area (TPSA) is 79.2 Å². The fourth-order valence-electron chi connectivity index (χ4n) is 4.53. The van der Waals surface area contributed by atoms with Gasteiger partial charge >= 0.3 is 0 Å². The van der Waals surface area contributed by atoms with Crippen molar-refractivity contribution in [3.8, 4) is 0 Å². The summed E-state index contributed by atoms with van der Waals surface area (Å²) in [6, 6.07) is 12.3. The highest BCUT2D eigenvalue weighted by atomic mass is 16.3. The molecule has 2 aliphatic heterocycles. The van der Waals surface area contributed by atoms with E-state index >= 15 is 0 Å². The van der Waals surface area contributed by atoms with Crippen LogP contribution in [0.25, 0.3) is 16.6 Å². The fourth-order valence-corrected chi connectivity index (χ4v) is 4.53. The average molecular weight is 402 g/mol. The van der Waals surface area contributed by atoms with Crippen molar-refractivity contribution >= 4 is 33.8 Å². The molecule has 6 nitrogen and oxygen atoms in total. The van der Waals surface area contributed by atoms with E-state index in [-0.39, 0.29) is 18.1 Å². The zero-order chi connectivity index (χ0) is 20.8. The van der Waals surface area contributed by atoms with E-state index in [1.807, 2.05) is 23.1 Å². The maximum Gasteiger partial charge on any atom is 0.145 e. The Morgan fingerprint density at radius 3 is 2.67 bits per heavy atom. The molecular weight excluding hydrogens is 374 g/mol. The van der Waals surface area contributed by atoms with E-state index in [2.05, 4.69) is 41.9 Å². The standard InChI is InChI=1S/C24H27N5O/c1-15-7-6-8-20(16(15)2)29-14-21(30)22(23(29)25)24-26-18-10-9-17(13-19(18)27-24)28-11-4-3-5-12-28/h6-10,13,25,30H,3-5,11-12,14H2,1-2H3,(H,26,27). The van der Waals surface area contributed by atoms with Gasteiger partial charge in [0.05, 0.1) is 23.2 Å². The summed E-state index contributed by atoms with van der Waals surface area (Å²) in [4.78, 5) is 12.3. The number of aromatic nitrogens is 2. The summed E-state index contributed by atoms with van der Waals surface area (Å²) in [7, 11) is 0. The molecule has 0 atom stereocenters. The molecule has 0 saturated carbocycles. The van der Waals surface area contributed by atoms with Gasteiger partial charge < -0.3 is 19.9 Å². The van der Waals surface area contributed by atoms with Gasteiger partial charge in [0.15, 0.2) is 0 Å². The van der Waals surface area contributed by atoms with Crippen molar-refractivity contribution in [3.05, 3.63) is 59.1 Å².